The van der Waals surface area contributed by atoms with E-state index in [1.165, 1.54) is 6.92 Å². The standard InChI is InChI=1S/C20H20ClNO5/c1-12-8-14(21)5-6-17(12)25-7-3-4-20(24)22-16-10-19-18(26-11-27-19)9-15(16)13(2)23/h5-6,8-10H,3-4,7,11H2,1-2H3,(H,22,24). The number of ketones is 1. The number of amides is 1. The highest BCUT2D eigenvalue weighted by molar-refractivity contribution is 6.30. The number of rotatable bonds is 7. The summed E-state index contributed by atoms with van der Waals surface area (Å²) >= 11 is 5.92. The molecule has 0 saturated carbocycles. The summed E-state index contributed by atoms with van der Waals surface area (Å²) in [6.07, 6.45) is 0.798. The molecule has 0 saturated heterocycles. The van der Waals surface area contributed by atoms with Crippen LogP contribution in [0.1, 0.15) is 35.7 Å². The second kappa shape index (κ2) is 8.31. The van der Waals surface area contributed by atoms with Gasteiger partial charge in [0.25, 0.3) is 0 Å². The maximum absolute atomic E-state index is 12.2. The third kappa shape index (κ3) is 4.71. The van der Waals surface area contributed by atoms with Crippen LogP contribution >= 0.6 is 11.6 Å². The van der Waals surface area contributed by atoms with Crippen LogP contribution in [0.4, 0.5) is 5.69 Å². The Morgan fingerprint density at radius 3 is 2.63 bits per heavy atom. The SMILES string of the molecule is CC(=O)c1cc2c(cc1NC(=O)CCCOc1ccc(Cl)cc1C)OCO2. The number of hydrogen-bond donors (Lipinski definition) is 1. The molecule has 27 heavy (non-hydrogen) atoms. The third-order valence-electron chi connectivity index (χ3n) is 4.11. The Morgan fingerprint density at radius 2 is 1.93 bits per heavy atom. The van der Waals surface area contributed by atoms with E-state index in [1.54, 1.807) is 18.2 Å². The third-order valence-corrected chi connectivity index (χ3v) is 4.34. The van der Waals surface area contributed by atoms with Crippen molar-refractivity contribution < 1.29 is 23.8 Å². The molecule has 0 atom stereocenters. The Hall–Kier alpha value is -2.73. The van der Waals surface area contributed by atoms with Gasteiger partial charge in [-0.05, 0) is 50.1 Å². The molecule has 0 aliphatic carbocycles. The summed E-state index contributed by atoms with van der Waals surface area (Å²) in [5.41, 5.74) is 1.75. The summed E-state index contributed by atoms with van der Waals surface area (Å²) in [7, 11) is 0. The summed E-state index contributed by atoms with van der Waals surface area (Å²) in [6.45, 7) is 3.86. The lowest BCUT2D eigenvalue weighted by molar-refractivity contribution is -0.116. The van der Waals surface area contributed by atoms with Crippen molar-refractivity contribution in [1.82, 2.24) is 0 Å². The van der Waals surface area contributed by atoms with E-state index in [1.807, 2.05) is 19.1 Å². The van der Waals surface area contributed by atoms with Gasteiger partial charge in [0.05, 0.1) is 12.3 Å². The summed E-state index contributed by atoms with van der Waals surface area (Å²) in [6, 6.07) is 8.60. The molecule has 0 bridgehead atoms. The first-order valence-corrected chi connectivity index (χ1v) is 8.95. The maximum Gasteiger partial charge on any atom is 0.231 e. The molecule has 6 nitrogen and oxygen atoms in total. The van der Waals surface area contributed by atoms with Crippen LogP contribution < -0.4 is 19.5 Å². The molecular weight excluding hydrogens is 370 g/mol. The van der Waals surface area contributed by atoms with Gasteiger partial charge in [0.15, 0.2) is 17.3 Å². The van der Waals surface area contributed by atoms with Crippen molar-refractivity contribution in [3.8, 4) is 17.2 Å². The number of halogens is 1. The molecule has 1 heterocycles. The summed E-state index contributed by atoms with van der Waals surface area (Å²) in [4.78, 5) is 24.1. The lowest BCUT2D eigenvalue weighted by Gasteiger charge is -2.11. The van der Waals surface area contributed by atoms with Gasteiger partial charge in [0.2, 0.25) is 12.7 Å². The van der Waals surface area contributed by atoms with Crippen molar-refractivity contribution in [1.29, 1.82) is 0 Å². The van der Waals surface area contributed by atoms with Gasteiger partial charge in [-0.2, -0.15) is 0 Å². The first kappa shape index (κ1) is 19.0. The van der Waals surface area contributed by atoms with Gasteiger partial charge in [-0.15, -0.1) is 0 Å². The summed E-state index contributed by atoms with van der Waals surface area (Å²) in [5, 5.41) is 3.43. The molecule has 0 radical (unpaired) electrons. The van der Waals surface area contributed by atoms with Gasteiger partial charge in [-0.3, -0.25) is 9.59 Å². The zero-order chi connectivity index (χ0) is 19.4. The molecule has 0 fully saturated rings. The molecule has 3 rings (SSSR count). The fourth-order valence-electron chi connectivity index (χ4n) is 2.74. The summed E-state index contributed by atoms with van der Waals surface area (Å²) < 4.78 is 16.3. The van der Waals surface area contributed by atoms with E-state index in [2.05, 4.69) is 5.32 Å². The molecule has 7 heteroatoms. The molecule has 0 spiro atoms. The average Bonchev–Trinajstić information content (AvgIpc) is 3.06. The number of ether oxygens (including phenoxy) is 3. The predicted octanol–water partition coefficient (Wildman–Crippen LogP) is 4.38. The van der Waals surface area contributed by atoms with E-state index in [-0.39, 0.29) is 24.9 Å². The smallest absolute Gasteiger partial charge is 0.231 e. The fourth-order valence-corrected chi connectivity index (χ4v) is 2.97. The number of hydrogen-bond acceptors (Lipinski definition) is 5. The Balaban J connectivity index is 1.54. The van der Waals surface area contributed by atoms with Crippen LogP contribution in [0, 0.1) is 6.92 Å². The minimum atomic E-state index is -0.201. The molecule has 2 aromatic carbocycles. The van der Waals surface area contributed by atoms with Gasteiger partial charge in [-0.1, -0.05) is 11.6 Å². The van der Waals surface area contributed by atoms with E-state index < -0.39 is 0 Å². The van der Waals surface area contributed by atoms with Gasteiger partial charge in [-0.25, -0.2) is 0 Å². The first-order chi connectivity index (χ1) is 12.9. The lowest BCUT2D eigenvalue weighted by atomic mass is 10.1. The van der Waals surface area contributed by atoms with Crippen LogP contribution in [0.15, 0.2) is 30.3 Å². The Labute approximate surface area is 162 Å². The van der Waals surface area contributed by atoms with Crippen molar-refractivity contribution in [2.45, 2.75) is 26.7 Å². The Bertz CT molecular complexity index is 881. The fraction of sp³-hybridized carbons (Fsp3) is 0.300. The molecule has 1 aliphatic heterocycles. The minimum Gasteiger partial charge on any atom is -0.493 e. The summed E-state index contributed by atoms with van der Waals surface area (Å²) in [5.74, 6) is 1.40. The molecule has 0 aromatic heterocycles. The van der Waals surface area contributed by atoms with E-state index in [9.17, 15) is 9.59 Å². The molecule has 142 valence electrons. The molecule has 2 aromatic rings. The quantitative estimate of drug-likeness (QED) is 0.562. The van der Waals surface area contributed by atoms with Crippen molar-refractivity contribution >= 4 is 29.0 Å². The van der Waals surface area contributed by atoms with Crippen LogP contribution in [-0.2, 0) is 4.79 Å². The van der Waals surface area contributed by atoms with Crippen LogP contribution in [0.3, 0.4) is 0 Å². The molecular formula is C20H20ClNO5. The van der Waals surface area contributed by atoms with Crippen molar-refractivity contribution in [3.05, 3.63) is 46.5 Å². The van der Waals surface area contributed by atoms with Crippen LogP contribution in [0.5, 0.6) is 17.2 Å². The number of aryl methyl sites for hydroxylation is 1. The van der Waals surface area contributed by atoms with E-state index in [0.29, 0.717) is 40.8 Å². The molecule has 0 unspecified atom stereocenters. The van der Waals surface area contributed by atoms with Crippen molar-refractivity contribution in [2.24, 2.45) is 0 Å². The highest BCUT2D eigenvalue weighted by Crippen LogP contribution is 2.37. The minimum absolute atomic E-state index is 0.103. The maximum atomic E-state index is 12.2. The van der Waals surface area contributed by atoms with Gasteiger partial charge in [0.1, 0.15) is 5.75 Å². The van der Waals surface area contributed by atoms with Crippen LogP contribution in [0.25, 0.3) is 0 Å². The largest absolute Gasteiger partial charge is 0.493 e. The van der Waals surface area contributed by atoms with Gasteiger partial charge >= 0.3 is 0 Å². The molecule has 1 aliphatic rings. The first-order valence-electron chi connectivity index (χ1n) is 8.57. The topological polar surface area (TPSA) is 73.9 Å². The predicted molar refractivity (Wildman–Crippen MR) is 102 cm³/mol. The van der Waals surface area contributed by atoms with Crippen molar-refractivity contribution in [2.75, 3.05) is 18.7 Å². The van der Waals surface area contributed by atoms with Gasteiger partial charge < -0.3 is 19.5 Å². The monoisotopic (exact) mass is 389 g/mol. The zero-order valence-corrected chi connectivity index (χ0v) is 15.9. The van der Waals surface area contributed by atoms with E-state index in [4.69, 9.17) is 25.8 Å². The van der Waals surface area contributed by atoms with E-state index >= 15 is 0 Å². The number of nitrogens with one attached hydrogen (secondary N) is 1. The zero-order valence-electron chi connectivity index (χ0n) is 15.1. The number of Topliss-reactive ketones (excluding diaryl/α,β-unsaturated/α-hetero) is 1. The second-order valence-corrected chi connectivity index (χ2v) is 6.65. The second-order valence-electron chi connectivity index (χ2n) is 6.22. The Kier molecular flexibility index (Phi) is 5.86. The van der Waals surface area contributed by atoms with Crippen molar-refractivity contribution in [3.63, 3.8) is 0 Å². The van der Waals surface area contributed by atoms with Crippen LogP contribution in [0.2, 0.25) is 5.02 Å². The number of fused-ring (bicyclic) bond motifs is 1. The normalized spacial score (nSPS) is 12.0. The average molecular weight is 390 g/mol. The van der Waals surface area contributed by atoms with Gasteiger partial charge in [0, 0.05) is 23.1 Å². The van der Waals surface area contributed by atoms with Crippen LogP contribution in [-0.4, -0.2) is 25.1 Å². The molecule has 1 amide bonds. The highest BCUT2D eigenvalue weighted by Gasteiger charge is 2.20. The molecule has 1 N–H and O–H groups in total. The Morgan fingerprint density at radius 1 is 1.19 bits per heavy atom. The number of carbonyl (C=O) groups excluding carboxylic acids is 2. The number of benzene rings is 2. The van der Waals surface area contributed by atoms with E-state index in [0.717, 1.165) is 11.3 Å². The number of carbonyl (C=O) groups is 2. The lowest BCUT2D eigenvalue weighted by Crippen LogP contribution is -2.15. The highest BCUT2D eigenvalue weighted by atomic mass is 35.5. The number of anilines is 1.